The Labute approximate surface area is 153 Å². The van der Waals surface area contributed by atoms with E-state index in [-0.39, 0.29) is 4.90 Å². The third-order valence-corrected chi connectivity index (χ3v) is 5.22. The second-order valence-electron chi connectivity index (χ2n) is 5.99. The van der Waals surface area contributed by atoms with E-state index in [9.17, 15) is 8.42 Å². The summed E-state index contributed by atoms with van der Waals surface area (Å²) >= 11 is 0. The minimum atomic E-state index is -3.71. The molecule has 2 aromatic carbocycles. The van der Waals surface area contributed by atoms with Gasteiger partial charge in [0, 0.05) is 5.69 Å². The summed E-state index contributed by atoms with van der Waals surface area (Å²) < 4.78 is 27.7. The maximum atomic E-state index is 12.6. The highest BCUT2D eigenvalue weighted by molar-refractivity contribution is 7.92. The van der Waals surface area contributed by atoms with Crippen LogP contribution in [-0.4, -0.2) is 13.4 Å². The van der Waals surface area contributed by atoms with Crippen molar-refractivity contribution in [2.75, 3.05) is 4.72 Å². The van der Waals surface area contributed by atoms with Crippen LogP contribution >= 0.6 is 0 Å². The molecule has 0 radical (unpaired) electrons. The molecule has 0 spiro atoms. The molecule has 1 N–H and O–H groups in total. The van der Waals surface area contributed by atoms with Gasteiger partial charge in [-0.1, -0.05) is 24.3 Å². The van der Waals surface area contributed by atoms with Crippen LogP contribution in [0.5, 0.6) is 0 Å². The lowest BCUT2D eigenvalue weighted by atomic mass is 10.0. The molecule has 0 aliphatic carbocycles. The van der Waals surface area contributed by atoms with E-state index in [1.807, 2.05) is 32.0 Å². The zero-order valence-corrected chi connectivity index (χ0v) is 15.2. The fourth-order valence-corrected chi connectivity index (χ4v) is 3.65. The molecule has 3 rings (SSSR count). The Morgan fingerprint density at radius 3 is 2.04 bits per heavy atom. The van der Waals surface area contributed by atoms with Crippen LogP contribution in [0.4, 0.5) is 5.82 Å². The number of pyridine rings is 1. The molecule has 0 aliphatic heterocycles. The highest BCUT2D eigenvalue weighted by Gasteiger charge is 2.15. The summed E-state index contributed by atoms with van der Waals surface area (Å²) in [6.45, 7) is 3.70. The molecule has 0 atom stereocenters. The van der Waals surface area contributed by atoms with Gasteiger partial charge in [0.05, 0.1) is 16.5 Å². The Morgan fingerprint density at radius 1 is 0.923 bits per heavy atom. The first-order chi connectivity index (χ1) is 12.4. The fraction of sp³-hybridized carbons (Fsp3) is 0.100. The lowest BCUT2D eigenvalue weighted by Crippen LogP contribution is -2.14. The second kappa shape index (κ2) is 6.98. The van der Waals surface area contributed by atoms with Crippen LogP contribution in [0.15, 0.2) is 65.6 Å². The zero-order chi connectivity index (χ0) is 18.7. The summed E-state index contributed by atoms with van der Waals surface area (Å²) in [6.07, 6.45) is 0. The van der Waals surface area contributed by atoms with Crippen LogP contribution in [0.2, 0.25) is 0 Å². The normalized spacial score (nSPS) is 11.0. The molecule has 0 saturated heterocycles. The summed E-state index contributed by atoms with van der Waals surface area (Å²) in [4.78, 5) is 4.37. The Morgan fingerprint density at radius 2 is 1.50 bits per heavy atom. The minimum Gasteiger partial charge on any atom is -0.263 e. The predicted molar refractivity (Wildman–Crippen MR) is 101 cm³/mol. The minimum absolute atomic E-state index is 0.163. The van der Waals surface area contributed by atoms with Gasteiger partial charge >= 0.3 is 0 Å². The number of nitrogens with zero attached hydrogens (tertiary/aromatic N) is 2. The maximum absolute atomic E-state index is 12.6. The van der Waals surface area contributed by atoms with Gasteiger partial charge in [0.25, 0.3) is 10.0 Å². The summed E-state index contributed by atoms with van der Waals surface area (Å²) in [5.41, 5.74) is 4.05. The van der Waals surface area contributed by atoms with Gasteiger partial charge in [-0.3, -0.25) is 4.72 Å². The Balaban J connectivity index is 1.85. The number of aryl methyl sites for hydroxylation is 2. The van der Waals surface area contributed by atoms with E-state index in [1.165, 1.54) is 0 Å². The predicted octanol–water partition coefficient (Wildman–Crippen LogP) is 4.04. The van der Waals surface area contributed by atoms with E-state index in [0.717, 1.165) is 22.4 Å². The monoisotopic (exact) mass is 363 g/mol. The molecule has 0 bridgehead atoms. The van der Waals surface area contributed by atoms with Gasteiger partial charge in [0.15, 0.2) is 0 Å². The quantitative estimate of drug-likeness (QED) is 0.758. The van der Waals surface area contributed by atoms with Crippen molar-refractivity contribution in [1.29, 1.82) is 5.26 Å². The van der Waals surface area contributed by atoms with Crippen molar-refractivity contribution >= 4 is 15.8 Å². The Bertz CT molecular complexity index is 1060. The first kappa shape index (κ1) is 17.6. The smallest absolute Gasteiger partial charge is 0.263 e. The van der Waals surface area contributed by atoms with Gasteiger partial charge in [0.1, 0.15) is 5.82 Å². The summed E-state index contributed by atoms with van der Waals surface area (Å²) in [5, 5.41) is 8.85. The SMILES string of the molecule is Cc1cc(C)nc(NS(=O)(=O)c2ccc(-c3ccc(C#N)cc3)cc2)c1. The summed E-state index contributed by atoms with van der Waals surface area (Å²) in [5.74, 6) is 0.304. The van der Waals surface area contributed by atoms with Gasteiger partial charge in [-0.05, 0) is 66.9 Å². The molecule has 3 aromatic rings. The van der Waals surface area contributed by atoms with Crippen molar-refractivity contribution < 1.29 is 8.42 Å². The van der Waals surface area contributed by atoms with Crippen molar-refractivity contribution in [1.82, 2.24) is 4.98 Å². The third kappa shape index (κ3) is 3.90. The van der Waals surface area contributed by atoms with E-state index in [2.05, 4.69) is 15.8 Å². The summed E-state index contributed by atoms with van der Waals surface area (Å²) in [7, 11) is -3.71. The molecule has 5 nitrogen and oxygen atoms in total. The Kier molecular flexibility index (Phi) is 4.74. The van der Waals surface area contributed by atoms with Gasteiger partial charge < -0.3 is 0 Å². The van der Waals surface area contributed by atoms with E-state index in [4.69, 9.17) is 5.26 Å². The van der Waals surface area contributed by atoms with Gasteiger partial charge in [-0.15, -0.1) is 0 Å². The molecule has 130 valence electrons. The van der Waals surface area contributed by atoms with Crippen LogP contribution in [0, 0.1) is 25.2 Å². The van der Waals surface area contributed by atoms with E-state index < -0.39 is 10.0 Å². The van der Waals surface area contributed by atoms with Crippen molar-refractivity contribution in [3.8, 4) is 17.2 Å². The average molecular weight is 363 g/mol. The lowest BCUT2D eigenvalue weighted by Gasteiger charge is -2.10. The van der Waals surface area contributed by atoms with Crippen molar-refractivity contribution in [2.45, 2.75) is 18.7 Å². The molecule has 0 unspecified atom stereocenters. The molecule has 0 saturated carbocycles. The van der Waals surface area contributed by atoms with Crippen molar-refractivity contribution in [2.24, 2.45) is 0 Å². The maximum Gasteiger partial charge on any atom is 0.263 e. The largest absolute Gasteiger partial charge is 0.263 e. The highest BCUT2D eigenvalue weighted by Crippen LogP contribution is 2.23. The first-order valence-corrected chi connectivity index (χ1v) is 9.44. The lowest BCUT2D eigenvalue weighted by molar-refractivity contribution is 0.601. The average Bonchev–Trinajstić information content (AvgIpc) is 2.60. The number of hydrogen-bond acceptors (Lipinski definition) is 4. The van der Waals surface area contributed by atoms with Crippen molar-refractivity contribution in [3.05, 3.63) is 77.5 Å². The molecule has 1 heterocycles. The number of anilines is 1. The number of sulfonamides is 1. The van der Waals surface area contributed by atoms with Crippen LogP contribution in [0.1, 0.15) is 16.8 Å². The van der Waals surface area contributed by atoms with Gasteiger partial charge in [0.2, 0.25) is 0 Å². The molecule has 0 aliphatic rings. The third-order valence-electron chi connectivity index (χ3n) is 3.85. The Hall–Kier alpha value is -3.17. The van der Waals surface area contributed by atoms with Crippen LogP contribution in [-0.2, 0) is 10.0 Å². The molecular formula is C20H17N3O2S. The molecule has 1 aromatic heterocycles. The van der Waals surface area contributed by atoms with Crippen LogP contribution in [0.3, 0.4) is 0 Å². The van der Waals surface area contributed by atoms with Gasteiger partial charge in [-0.2, -0.15) is 5.26 Å². The molecule has 6 heteroatoms. The molecule has 26 heavy (non-hydrogen) atoms. The number of hydrogen-bond donors (Lipinski definition) is 1. The molecule has 0 fully saturated rings. The standard InChI is InChI=1S/C20H17N3O2S/c1-14-11-15(2)22-20(12-14)23-26(24,25)19-9-7-18(8-10-19)17-5-3-16(13-21)4-6-17/h3-12H,1-2H3,(H,22,23). The molecular weight excluding hydrogens is 346 g/mol. The first-order valence-electron chi connectivity index (χ1n) is 7.96. The van der Waals surface area contributed by atoms with Crippen LogP contribution in [0.25, 0.3) is 11.1 Å². The summed E-state index contributed by atoms with van der Waals surface area (Å²) in [6, 6.07) is 19.4. The van der Waals surface area contributed by atoms with Crippen LogP contribution < -0.4 is 4.72 Å². The second-order valence-corrected chi connectivity index (χ2v) is 7.67. The number of nitriles is 1. The number of aromatic nitrogens is 1. The zero-order valence-electron chi connectivity index (χ0n) is 14.4. The van der Waals surface area contributed by atoms with E-state index in [1.54, 1.807) is 42.5 Å². The number of rotatable bonds is 4. The highest BCUT2D eigenvalue weighted by atomic mass is 32.2. The van der Waals surface area contributed by atoms with E-state index >= 15 is 0 Å². The van der Waals surface area contributed by atoms with Gasteiger partial charge in [-0.25, -0.2) is 13.4 Å². The topological polar surface area (TPSA) is 82.8 Å². The molecule has 0 amide bonds. The van der Waals surface area contributed by atoms with E-state index in [0.29, 0.717) is 11.4 Å². The number of nitrogens with one attached hydrogen (secondary N) is 1. The van der Waals surface area contributed by atoms with Crippen molar-refractivity contribution in [3.63, 3.8) is 0 Å². The number of benzene rings is 2. The fourth-order valence-electron chi connectivity index (χ4n) is 2.65.